The third kappa shape index (κ3) is 22.4. The van der Waals surface area contributed by atoms with Crippen molar-refractivity contribution in [2.45, 2.75) is 131 Å². The summed E-state index contributed by atoms with van der Waals surface area (Å²) in [6, 6.07) is 0. The van der Waals surface area contributed by atoms with Crippen LogP contribution in [-0.2, 0) is 38.0 Å². The average molecular weight is 581 g/mol. The van der Waals surface area contributed by atoms with Crippen LogP contribution < -0.4 is 0 Å². The van der Waals surface area contributed by atoms with E-state index in [0.717, 1.165) is 77.0 Å². The smallest absolute Gasteiger partial charge is 0.282 e. The largest absolute Gasteiger partial charge is 0.328 e. The van der Waals surface area contributed by atoms with Crippen molar-refractivity contribution in [3.8, 4) is 0 Å². The Morgan fingerprint density at radius 3 is 0.895 bits per heavy atom. The minimum Gasteiger partial charge on any atom is -0.328 e. The van der Waals surface area contributed by atoms with Crippen molar-refractivity contribution in [2.75, 3.05) is 39.6 Å². The standard InChI is InChI=1S/2C14H30O4Si/c2*1-4-16-14(17-5-2,18-6-3)12-10-8-7-9-11-13(15)19/h2*4-12H2,1-3,19H3. The van der Waals surface area contributed by atoms with Gasteiger partial charge in [0.15, 0.2) is 0 Å². The van der Waals surface area contributed by atoms with Crippen LogP contribution in [0.1, 0.15) is 119 Å². The first-order valence-electron chi connectivity index (χ1n) is 15.0. The number of ether oxygens (including phenoxy) is 6. The van der Waals surface area contributed by atoms with Gasteiger partial charge >= 0.3 is 0 Å². The number of rotatable bonds is 26. The molecule has 0 aliphatic carbocycles. The zero-order chi connectivity index (χ0) is 29.1. The molecule has 8 nitrogen and oxygen atoms in total. The normalized spacial score (nSPS) is 11.9. The zero-order valence-corrected chi connectivity index (χ0v) is 30.0. The Morgan fingerprint density at radius 1 is 0.447 bits per heavy atom. The lowest BCUT2D eigenvalue weighted by Gasteiger charge is -2.32. The van der Waals surface area contributed by atoms with E-state index in [9.17, 15) is 9.59 Å². The van der Waals surface area contributed by atoms with Crippen LogP contribution in [0, 0.1) is 0 Å². The molecule has 0 spiro atoms. The predicted octanol–water partition coefficient (Wildman–Crippen LogP) is 3.96. The molecule has 0 saturated carbocycles. The van der Waals surface area contributed by atoms with Gasteiger partial charge in [-0.3, -0.25) is 0 Å². The predicted molar refractivity (Wildman–Crippen MR) is 161 cm³/mol. The minimum absolute atomic E-state index is 0.410. The molecule has 0 heterocycles. The van der Waals surface area contributed by atoms with E-state index in [1.165, 1.54) is 0 Å². The quantitative estimate of drug-likeness (QED) is 0.0863. The van der Waals surface area contributed by atoms with Crippen molar-refractivity contribution in [3.05, 3.63) is 0 Å². The SMILES string of the molecule is CCOC(CCCCCCC(=O)[SiH3])(OCC)OCC.CCOC(CCCCCCC(=O)[SiH3])(OCC)OCC. The molecule has 0 rings (SSSR count). The van der Waals surface area contributed by atoms with Gasteiger partial charge in [0.1, 0.15) is 10.8 Å². The molecule has 0 saturated heterocycles. The van der Waals surface area contributed by atoms with Crippen LogP contribution in [0.5, 0.6) is 0 Å². The van der Waals surface area contributed by atoms with E-state index in [1.54, 1.807) is 0 Å². The van der Waals surface area contributed by atoms with Gasteiger partial charge in [0.25, 0.3) is 11.9 Å². The van der Waals surface area contributed by atoms with Gasteiger partial charge in [0.05, 0.1) is 20.5 Å². The van der Waals surface area contributed by atoms with E-state index in [-0.39, 0.29) is 0 Å². The summed E-state index contributed by atoms with van der Waals surface area (Å²) in [5.41, 5.74) is 0. The molecule has 0 bridgehead atoms. The summed E-state index contributed by atoms with van der Waals surface area (Å²) in [4.78, 5) is 21.8. The number of hydrogen-bond acceptors (Lipinski definition) is 8. The number of unbranched alkanes of at least 4 members (excludes halogenated alkanes) is 6. The summed E-state index contributed by atoms with van der Waals surface area (Å²) in [7, 11) is 1.37. The molecule has 0 N–H and O–H groups in total. The first-order chi connectivity index (χ1) is 18.2. The van der Waals surface area contributed by atoms with Crippen LogP contribution in [0.4, 0.5) is 0 Å². The summed E-state index contributed by atoms with van der Waals surface area (Å²) in [6.45, 7) is 15.2. The van der Waals surface area contributed by atoms with E-state index >= 15 is 0 Å². The second-order valence-electron chi connectivity index (χ2n) is 9.20. The highest BCUT2D eigenvalue weighted by Crippen LogP contribution is 2.25. The molecule has 0 unspecified atom stereocenters. The first-order valence-corrected chi connectivity index (χ1v) is 17.0. The molecule has 228 valence electrons. The molecule has 0 atom stereocenters. The molecule has 0 aromatic heterocycles. The molecule has 0 aromatic rings. The van der Waals surface area contributed by atoms with E-state index in [1.807, 2.05) is 41.5 Å². The van der Waals surface area contributed by atoms with Gasteiger partial charge < -0.3 is 38.0 Å². The van der Waals surface area contributed by atoms with Gasteiger partial charge in [-0.2, -0.15) is 0 Å². The zero-order valence-electron chi connectivity index (χ0n) is 26.0. The Labute approximate surface area is 239 Å². The van der Waals surface area contributed by atoms with E-state index < -0.39 is 11.9 Å². The molecule has 10 heteroatoms. The van der Waals surface area contributed by atoms with Crippen molar-refractivity contribution in [3.63, 3.8) is 0 Å². The average Bonchev–Trinajstić information content (AvgIpc) is 2.84. The van der Waals surface area contributed by atoms with Gasteiger partial charge in [0, 0.05) is 65.3 Å². The van der Waals surface area contributed by atoms with Crippen LogP contribution in [0.3, 0.4) is 0 Å². The van der Waals surface area contributed by atoms with Gasteiger partial charge in [-0.25, -0.2) is 0 Å². The van der Waals surface area contributed by atoms with Crippen molar-refractivity contribution in [1.82, 2.24) is 0 Å². The highest BCUT2D eigenvalue weighted by Gasteiger charge is 2.32. The van der Waals surface area contributed by atoms with Crippen LogP contribution in [0.2, 0.25) is 0 Å². The van der Waals surface area contributed by atoms with Gasteiger partial charge in [-0.1, -0.05) is 25.7 Å². The van der Waals surface area contributed by atoms with Crippen molar-refractivity contribution in [1.29, 1.82) is 0 Å². The van der Waals surface area contributed by atoms with Crippen LogP contribution in [0.25, 0.3) is 0 Å². The fourth-order valence-corrected chi connectivity index (χ4v) is 4.85. The Hall–Kier alpha value is -0.466. The summed E-state index contributed by atoms with van der Waals surface area (Å²) >= 11 is 0. The Morgan fingerprint density at radius 2 is 0.684 bits per heavy atom. The summed E-state index contributed by atoms with van der Waals surface area (Å²) in [6.07, 6.45) is 11.4. The summed E-state index contributed by atoms with van der Waals surface area (Å²) in [5.74, 6) is -1.74. The Kier molecular flexibility index (Phi) is 27.9. The van der Waals surface area contributed by atoms with Crippen LogP contribution in [0.15, 0.2) is 0 Å². The Bertz CT molecular complexity index is 481. The van der Waals surface area contributed by atoms with Gasteiger partial charge in [0.2, 0.25) is 0 Å². The molecule has 0 amide bonds. The first kappa shape index (κ1) is 39.7. The van der Waals surface area contributed by atoms with E-state index in [0.29, 0.717) is 70.9 Å². The highest BCUT2D eigenvalue weighted by atomic mass is 28.1. The molecular formula is C28H60O8Si2. The lowest BCUT2D eigenvalue weighted by atomic mass is 10.1. The second kappa shape index (κ2) is 26.7. The lowest BCUT2D eigenvalue weighted by molar-refractivity contribution is -0.380. The lowest BCUT2D eigenvalue weighted by Crippen LogP contribution is -2.39. The van der Waals surface area contributed by atoms with Crippen molar-refractivity contribution < 1.29 is 38.0 Å². The topological polar surface area (TPSA) is 89.5 Å². The van der Waals surface area contributed by atoms with Crippen molar-refractivity contribution >= 4 is 31.3 Å². The van der Waals surface area contributed by atoms with Crippen molar-refractivity contribution in [2.24, 2.45) is 0 Å². The molecule has 0 aromatic carbocycles. The monoisotopic (exact) mass is 580 g/mol. The molecule has 0 radical (unpaired) electrons. The molecule has 0 aliphatic heterocycles. The summed E-state index contributed by atoms with van der Waals surface area (Å²) in [5, 5.41) is 0.819. The molecule has 0 fully saturated rings. The summed E-state index contributed by atoms with van der Waals surface area (Å²) < 4.78 is 34.0. The maximum Gasteiger partial charge on any atom is 0.282 e. The van der Waals surface area contributed by atoms with Crippen LogP contribution in [-0.4, -0.2) is 82.9 Å². The second-order valence-corrected chi connectivity index (χ2v) is 11.4. The third-order valence-corrected chi connectivity index (χ3v) is 6.71. The number of carbonyl (C=O) groups excluding carboxylic acids is 2. The molecule has 38 heavy (non-hydrogen) atoms. The maximum atomic E-state index is 10.9. The molecule has 0 aliphatic rings. The minimum atomic E-state index is -0.869. The van der Waals surface area contributed by atoms with Gasteiger partial charge in [-0.15, -0.1) is 0 Å². The third-order valence-electron chi connectivity index (χ3n) is 5.71. The highest BCUT2D eigenvalue weighted by molar-refractivity contribution is 6.57. The Balaban J connectivity index is 0. The maximum absolute atomic E-state index is 10.9. The fraction of sp³-hybridized carbons (Fsp3) is 0.929. The van der Waals surface area contributed by atoms with Crippen LogP contribution >= 0.6 is 0 Å². The van der Waals surface area contributed by atoms with E-state index in [2.05, 4.69) is 0 Å². The van der Waals surface area contributed by atoms with Gasteiger partial charge in [-0.05, 0) is 67.2 Å². The number of carbonyl (C=O) groups is 2. The fourth-order valence-electron chi connectivity index (χ4n) is 4.14. The molecular weight excluding hydrogens is 520 g/mol. The number of hydrogen-bond donors (Lipinski definition) is 0. The van der Waals surface area contributed by atoms with E-state index in [4.69, 9.17) is 28.4 Å².